The standard InChI is InChI=1S/C3H9O3P.3CH2O.Ni/c1-4-7(5-2)6-3;3*1-2;/h1-3H3;3*1H2;. The van der Waals surface area contributed by atoms with E-state index >= 15 is 0 Å². The van der Waals surface area contributed by atoms with E-state index in [4.69, 9.17) is 14.4 Å². The molecule has 0 aliphatic heterocycles. The molecule has 0 rings (SSSR count). The van der Waals surface area contributed by atoms with Crippen LogP contribution in [0.3, 0.4) is 0 Å². The minimum absolute atomic E-state index is 0. The average Bonchev–Trinajstić information content (AvgIpc) is 2.29. The third kappa shape index (κ3) is 40.9. The van der Waals surface area contributed by atoms with Crippen LogP contribution in [0.1, 0.15) is 0 Å². The predicted molar refractivity (Wildman–Crippen MR) is 49.3 cm³/mol. The molecule has 0 aliphatic carbocycles. The Kier molecular flexibility index (Phi) is 110. The molecule has 0 heterocycles. The Bertz CT molecular complexity index is 65.1. The van der Waals surface area contributed by atoms with Crippen molar-refractivity contribution in [2.24, 2.45) is 0 Å². The zero-order valence-electron chi connectivity index (χ0n) is 8.33. The Morgan fingerprint density at radius 2 is 0.857 bits per heavy atom. The maximum atomic E-state index is 8.00. The molecule has 0 fully saturated rings. The van der Waals surface area contributed by atoms with E-state index in [9.17, 15) is 0 Å². The fourth-order valence-corrected chi connectivity index (χ4v) is 0.671. The van der Waals surface area contributed by atoms with Gasteiger partial charge in [-0.3, -0.25) is 0 Å². The second-order valence-corrected chi connectivity index (χ2v) is 2.31. The molecule has 90 valence electrons. The van der Waals surface area contributed by atoms with E-state index < -0.39 is 8.60 Å². The summed E-state index contributed by atoms with van der Waals surface area (Å²) in [5.74, 6) is 0. The second kappa shape index (κ2) is 52.9. The van der Waals surface area contributed by atoms with Gasteiger partial charge in [0.25, 0.3) is 0 Å². The van der Waals surface area contributed by atoms with E-state index in [0.717, 1.165) is 0 Å². The van der Waals surface area contributed by atoms with Gasteiger partial charge in [-0.15, -0.1) is 0 Å². The van der Waals surface area contributed by atoms with Crippen molar-refractivity contribution in [1.82, 2.24) is 0 Å². The summed E-state index contributed by atoms with van der Waals surface area (Å²) < 4.78 is 14.0. The molecule has 0 saturated carbocycles. The number of hydrogen-bond donors (Lipinski definition) is 0. The smallest absolute Gasteiger partial charge is 0.316 e. The van der Waals surface area contributed by atoms with Crippen molar-refractivity contribution >= 4 is 29.0 Å². The van der Waals surface area contributed by atoms with Crippen molar-refractivity contribution in [2.45, 2.75) is 0 Å². The van der Waals surface area contributed by atoms with Crippen LogP contribution in [-0.4, -0.2) is 41.7 Å². The summed E-state index contributed by atoms with van der Waals surface area (Å²) >= 11 is 0. The van der Waals surface area contributed by atoms with Gasteiger partial charge in [0.1, 0.15) is 20.4 Å². The van der Waals surface area contributed by atoms with E-state index in [0.29, 0.717) is 0 Å². The Hall–Kier alpha value is -0.186. The van der Waals surface area contributed by atoms with Gasteiger partial charge in [0.2, 0.25) is 0 Å². The van der Waals surface area contributed by atoms with Gasteiger partial charge in [-0.05, 0) is 0 Å². The first kappa shape index (κ1) is 29.2. The van der Waals surface area contributed by atoms with Crippen LogP contribution in [0.4, 0.5) is 0 Å². The van der Waals surface area contributed by atoms with Crippen molar-refractivity contribution in [3.63, 3.8) is 0 Å². The van der Waals surface area contributed by atoms with Crippen LogP contribution in [0.5, 0.6) is 0 Å². The Morgan fingerprint density at radius 1 is 0.714 bits per heavy atom. The largest absolute Gasteiger partial charge is 0.331 e. The average molecular weight is 273 g/mol. The Balaban J connectivity index is -0.0000000332. The quantitative estimate of drug-likeness (QED) is 0.553. The number of rotatable bonds is 3. The van der Waals surface area contributed by atoms with E-state index in [1.54, 1.807) is 21.3 Å². The van der Waals surface area contributed by atoms with E-state index in [1.807, 2.05) is 20.4 Å². The maximum absolute atomic E-state index is 8.00. The van der Waals surface area contributed by atoms with Crippen LogP contribution >= 0.6 is 8.60 Å². The third-order valence-electron chi connectivity index (χ3n) is 0.447. The fourth-order valence-electron chi connectivity index (χ4n) is 0.224. The topological polar surface area (TPSA) is 78.9 Å². The molecule has 8 heteroatoms. The first-order valence-electron chi connectivity index (χ1n) is 2.64. The summed E-state index contributed by atoms with van der Waals surface area (Å²) in [6.45, 7) is 6.00. The molecular formula is C6H15NiO6P. The molecule has 0 amide bonds. The van der Waals surface area contributed by atoms with E-state index in [-0.39, 0.29) is 16.5 Å². The Morgan fingerprint density at radius 3 is 0.857 bits per heavy atom. The zero-order chi connectivity index (χ0) is 11.7. The zero-order valence-corrected chi connectivity index (χ0v) is 10.2. The molecule has 14 heavy (non-hydrogen) atoms. The molecule has 0 bridgehead atoms. The first-order valence-corrected chi connectivity index (χ1v) is 3.73. The summed E-state index contributed by atoms with van der Waals surface area (Å²) in [5.41, 5.74) is 0. The molecular weight excluding hydrogens is 258 g/mol. The van der Waals surface area contributed by atoms with Gasteiger partial charge in [-0.2, -0.15) is 0 Å². The second-order valence-electron chi connectivity index (χ2n) is 0.771. The van der Waals surface area contributed by atoms with Gasteiger partial charge in [0.05, 0.1) is 0 Å². The normalized spacial score (nSPS) is 6.00. The minimum atomic E-state index is -1.05. The summed E-state index contributed by atoms with van der Waals surface area (Å²) in [4.78, 5) is 24.0. The van der Waals surface area contributed by atoms with Crippen molar-refractivity contribution in [3.05, 3.63) is 0 Å². The van der Waals surface area contributed by atoms with Gasteiger partial charge in [-0.1, -0.05) is 0 Å². The molecule has 0 N–H and O–H groups in total. The molecule has 0 aromatic carbocycles. The molecule has 0 unspecified atom stereocenters. The molecule has 0 aromatic rings. The van der Waals surface area contributed by atoms with Crippen LogP contribution in [0, 0.1) is 0 Å². The number of carbonyl (C=O) groups excluding carboxylic acids is 3. The minimum Gasteiger partial charge on any atom is -0.316 e. The third-order valence-corrected chi connectivity index (χ3v) is 1.34. The van der Waals surface area contributed by atoms with E-state index in [1.165, 1.54) is 0 Å². The van der Waals surface area contributed by atoms with Crippen LogP contribution in [0.2, 0.25) is 0 Å². The molecule has 0 atom stereocenters. The van der Waals surface area contributed by atoms with Crippen molar-refractivity contribution in [2.75, 3.05) is 21.3 Å². The summed E-state index contributed by atoms with van der Waals surface area (Å²) in [7, 11) is 3.57. The molecule has 0 saturated heterocycles. The van der Waals surface area contributed by atoms with Crippen LogP contribution in [0.25, 0.3) is 0 Å². The van der Waals surface area contributed by atoms with Crippen molar-refractivity contribution < 1.29 is 44.4 Å². The summed E-state index contributed by atoms with van der Waals surface area (Å²) in [6, 6.07) is 0. The van der Waals surface area contributed by atoms with Crippen molar-refractivity contribution in [1.29, 1.82) is 0 Å². The maximum Gasteiger partial charge on any atom is 0.331 e. The SMILES string of the molecule is C=O.C=O.C=O.COP(OC)OC.[Ni]. The molecule has 0 aromatic heterocycles. The van der Waals surface area contributed by atoms with Gasteiger partial charge in [0.15, 0.2) is 0 Å². The van der Waals surface area contributed by atoms with Gasteiger partial charge in [-0.25, -0.2) is 0 Å². The summed E-state index contributed by atoms with van der Waals surface area (Å²) in [6.07, 6.45) is 0. The molecule has 0 radical (unpaired) electrons. The molecule has 6 nitrogen and oxygen atoms in total. The molecule has 0 aliphatic rings. The van der Waals surface area contributed by atoms with E-state index in [2.05, 4.69) is 13.6 Å². The Labute approximate surface area is 95.2 Å². The number of hydrogen-bond acceptors (Lipinski definition) is 6. The van der Waals surface area contributed by atoms with Gasteiger partial charge in [0, 0.05) is 37.8 Å². The number of carbonyl (C=O) groups is 3. The van der Waals surface area contributed by atoms with Crippen LogP contribution in [-0.2, 0) is 44.4 Å². The van der Waals surface area contributed by atoms with Crippen molar-refractivity contribution in [3.8, 4) is 0 Å². The summed E-state index contributed by atoms with van der Waals surface area (Å²) in [5, 5.41) is 0. The van der Waals surface area contributed by atoms with Crippen LogP contribution < -0.4 is 0 Å². The van der Waals surface area contributed by atoms with Gasteiger partial charge >= 0.3 is 8.60 Å². The predicted octanol–water partition coefficient (Wildman–Crippen LogP) is 0.595. The first-order chi connectivity index (χ1) is 6.35. The van der Waals surface area contributed by atoms with Gasteiger partial charge < -0.3 is 28.0 Å². The van der Waals surface area contributed by atoms with Crippen LogP contribution in [0.15, 0.2) is 0 Å². The molecule has 0 spiro atoms. The fraction of sp³-hybridized carbons (Fsp3) is 0.500. The monoisotopic (exact) mass is 272 g/mol.